The number of nitro groups is 1. The lowest BCUT2D eigenvalue weighted by Gasteiger charge is -2.12. The maximum absolute atomic E-state index is 12.7. The first-order valence-corrected chi connectivity index (χ1v) is 9.94. The van der Waals surface area contributed by atoms with Crippen molar-refractivity contribution in [1.82, 2.24) is 15.4 Å². The second-order valence-corrected chi connectivity index (χ2v) is 7.44. The van der Waals surface area contributed by atoms with E-state index in [1.807, 2.05) is 30.3 Å². The predicted molar refractivity (Wildman–Crippen MR) is 123 cm³/mol. The van der Waals surface area contributed by atoms with E-state index >= 15 is 0 Å². The van der Waals surface area contributed by atoms with E-state index in [1.165, 1.54) is 18.2 Å². The summed E-state index contributed by atoms with van der Waals surface area (Å²) < 4.78 is 0. The highest BCUT2D eigenvalue weighted by atomic mass is 35.5. The molecule has 32 heavy (non-hydrogen) atoms. The molecule has 160 valence electrons. The van der Waals surface area contributed by atoms with Gasteiger partial charge in [-0.1, -0.05) is 59.6 Å². The Hall–Kier alpha value is -3.95. The van der Waals surface area contributed by atoms with Crippen molar-refractivity contribution in [1.29, 1.82) is 0 Å². The maximum Gasteiger partial charge on any atom is 0.355 e. The Labute approximate surface area is 191 Å². The minimum atomic E-state index is -0.666. The fraction of sp³-hybridized carbons (Fsp3) is 0. The van der Waals surface area contributed by atoms with Gasteiger partial charge in [-0.25, -0.2) is 9.97 Å². The van der Waals surface area contributed by atoms with Gasteiger partial charge in [0.2, 0.25) is 11.6 Å². The van der Waals surface area contributed by atoms with Crippen LogP contribution < -0.4 is 16.2 Å². The van der Waals surface area contributed by atoms with E-state index in [1.54, 1.807) is 12.1 Å². The van der Waals surface area contributed by atoms with Crippen molar-refractivity contribution in [3.63, 3.8) is 0 Å². The normalized spacial score (nSPS) is 10.6. The van der Waals surface area contributed by atoms with E-state index in [0.29, 0.717) is 21.3 Å². The Morgan fingerprint density at radius 3 is 2.38 bits per heavy atom. The zero-order valence-corrected chi connectivity index (χ0v) is 17.7. The Morgan fingerprint density at radius 1 is 0.938 bits per heavy atom. The number of halogens is 2. The second-order valence-electron chi connectivity index (χ2n) is 6.57. The molecule has 0 bridgehead atoms. The van der Waals surface area contributed by atoms with Crippen molar-refractivity contribution < 1.29 is 9.72 Å². The number of amides is 1. The molecule has 9 nitrogen and oxygen atoms in total. The molecule has 1 heterocycles. The smallest absolute Gasteiger partial charge is 0.334 e. The number of hydrazine groups is 1. The number of hydrogen-bond acceptors (Lipinski definition) is 7. The highest BCUT2D eigenvalue weighted by Gasteiger charge is 2.24. The fourth-order valence-electron chi connectivity index (χ4n) is 3.10. The molecule has 0 atom stereocenters. The summed E-state index contributed by atoms with van der Waals surface area (Å²) in [5.74, 6) is -0.787. The van der Waals surface area contributed by atoms with Gasteiger partial charge in [0, 0.05) is 21.3 Å². The molecule has 0 fully saturated rings. The molecule has 0 radical (unpaired) electrons. The van der Waals surface area contributed by atoms with Gasteiger partial charge >= 0.3 is 5.69 Å². The molecule has 0 aliphatic carbocycles. The van der Waals surface area contributed by atoms with E-state index in [0.717, 1.165) is 17.1 Å². The van der Waals surface area contributed by atoms with Gasteiger partial charge in [0.05, 0.1) is 4.92 Å². The first kappa shape index (κ1) is 21.3. The molecule has 0 unspecified atom stereocenters. The minimum absolute atomic E-state index is 0.106. The number of rotatable bonds is 6. The van der Waals surface area contributed by atoms with Gasteiger partial charge in [0.15, 0.2) is 0 Å². The summed E-state index contributed by atoms with van der Waals surface area (Å²) in [4.78, 5) is 31.6. The quantitative estimate of drug-likeness (QED) is 0.257. The van der Waals surface area contributed by atoms with E-state index in [4.69, 9.17) is 23.2 Å². The molecule has 3 aromatic carbocycles. The number of nitrogens with zero attached hydrogens (tertiary/aromatic N) is 3. The van der Waals surface area contributed by atoms with Crippen LogP contribution in [-0.4, -0.2) is 20.8 Å². The van der Waals surface area contributed by atoms with Gasteiger partial charge < -0.3 is 5.32 Å². The van der Waals surface area contributed by atoms with E-state index in [2.05, 4.69) is 26.1 Å². The Balaban J connectivity index is 1.60. The third-order valence-electron chi connectivity index (χ3n) is 4.46. The van der Waals surface area contributed by atoms with Crippen molar-refractivity contribution in [2.45, 2.75) is 0 Å². The number of aromatic nitrogens is 2. The Kier molecular flexibility index (Phi) is 6.02. The number of carbonyl (C=O) groups is 1. The SMILES string of the molecule is O=C(NNc1ncnc(Nc2cc(Cl)cc(Cl)c2)c1[N+](=O)[O-])c1cccc2ccccc12. The molecule has 0 aliphatic heterocycles. The van der Waals surface area contributed by atoms with Crippen molar-refractivity contribution >= 4 is 62.9 Å². The molecule has 0 spiro atoms. The van der Waals surface area contributed by atoms with Gasteiger partial charge in [-0.3, -0.25) is 25.8 Å². The van der Waals surface area contributed by atoms with Crippen LogP contribution in [0.15, 0.2) is 67.0 Å². The number of carbonyl (C=O) groups excluding carboxylic acids is 1. The van der Waals surface area contributed by atoms with Crippen LogP contribution in [0.25, 0.3) is 10.8 Å². The van der Waals surface area contributed by atoms with Gasteiger partial charge in [0.25, 0.3) is 5.91 Å². The van der Waals surface area contributed by atoms with Gasteiger partial charge in [-0.05, 0) is 35.0 Å². The zero-order valence-electron chi connectivity index (χ0n) is 16.2. The van der Waals surface area contributed by atoms with Gasteiger partial charge in [-0.2, -0.15) is 0 Å². The molecule has 3 N–H and O–H groups in total. The summed E-state index contributed by atoms with van der Waals surface area (Å²) in [5.41, 5.74) is 5.31. The van der Waals surface area contributed by atoms with Crippen molar-refractivity contribution in [2.24, 2.45) is 0 Å². The molecule has 1 amide bonds. The lowest BCUT2D eigenvalue weighted by atomic mass is 10.0. The summed E-state index contributed by atoms with van der Waals surface area (Å²) in [6.07, 6.45) is 1.12. The van der Waals surface area contributed by atoms with E-state index in [9.17, 15) is 14.9 Å². The fourth-order valence-corrected chi connectivity index (χ4v) is 3.63. The maximum atomic E-state index is 12.7. The number of benzene rings is 3. The molecule has 1 aromatic heterocycles. The van der Waals surface area contributed by atoms with Gasteiger partial charge in [-0.15, -0.1) is 0 Å². The number of nitrogens with one attached hydrogen (secondary N) is 3. The molecule has 4 rings (SSSR count). The van der Waals surface area contributed by atoms with Crippen molar-refractivity contribution in [2.75, 3.05) is 10.7 Å². The first-order chi connectivity index (χ1) is 15.4. The second kappa shape index (κ2) is 9.04. The van der Waals surface area contributed by atoms with Crippen LogP contribution in [-0.2, 0) is 0 Å². The third kappa shape index (κ3) is 4.53. The standard InChI is InChI=1S/C21H14Cl2N6O3/c22-13-8-14(23)10-15(9-13)26-19-18(29(31)32)20(25-11-24-19)27-28-21(30)17-7-3-5-12-4-1-2-6-16(12)17/h1-11H,(H,28,30)(H2,24,25,26,27). The first-order valence-electron chi connectivity index (χ1n) is 9.19. The largest absolute Gasteiger partial charge is 0.355 e. The molecule has 4 aromatic rings. The highest BCUT2D eigenvalue weighted by molar-refractivity contribution is 6.35. The lowest BCUT2D eigenvalue weighted by Crippen LogP contribution is -2.30. The number of anilines is 3. The molecular weight excluding hydrogens is 455 g/mol. The van der Waals surface area contributed by atoms with Crippen LogP contribution in [0.3, 0.4) is 0 Å². The molecular formula is C21H14Cl2N6O3. The van der Waals surface area contributed by atoms with E-state index < -0.39 is 16.5 Å². The Morgan fingerprint density at radius 2 is 1.62 bits per heavy atom. The van der Waals surface area contributed by atoms with Crippen molar-refractivity contribution in [3.8, 4) is 0 Å². The van der Waals surface area contributed by atoms with Crippen LogP contribution in [0.4, 0.5) is 23.0 Å². The topological polar surface area (TPSA) is 122 Å². The average molecular weight is 469 g/mol. The number of fused-ring (bicyclic) bond motifs is 1. The molecule has 11 heteroatoms. The van der Waals surface area contributed by atoms with Crippen LogP contribution in [0, 0.1) is 10.1 Å². The lowest BCUT2D eigenvalue weighted by molar-refractivity contribution is -0.383. The van der Waals surface area contributed by atoms with Crippen molar-refractivity contribution in [3.05, 3.63) is 92.7 Å². The van der Waals surface area contributed by atoms with Crippen LogP contribution in [0.5, 0.6) is 0 Å². The van der Waals surface area contributed by atoms with E-state index in [-0.39, 0.29) is 11.6 Å². The van der Waals surface area contributed by atoms with Crippen LogP contribution >= 0.6 is 23.2 Å². The van der Waals surface area contributed by atoms with Crippen LogP contribution in [0.2, 0.25) is 10.0 Å². The highest BCUT2D eigenvalue weighted by Crippen LogP contribution is 2.32. The summed E-state index contributed by atoms with van der Waals surface area (Å²) in [5, 5.41) is 16.9. The number of hydrogen-bond donors (Lipinski definition) is 3. The monoisotopic (exact) mass is 468 g/mol. The van der Waals surface area contributed by atoms with Gasteiger partial charge in [0.1, 0.15) is 6.33 Å². The molecule has 0 saturated heterocycles. The third-order valence-corrected chi connectivity index (χ3v) is 4.90. The summed E-state index contributed by atoms with van der Waals surface area (Å²) in [7, 11) is 0. The zero-order chi connectivity index (χ0) is 22.7. The summed E-state index contributed by atoms with van der Waals surface area (Å²) >= 11 is 12.0. The Bertz CT molecular complexity index is 1320. The predicted octanol–water partition coefficient (Wildman–Crippen LogP) is 5.35. The summed E-state index contributed by atoms with van der Waals surface area (Å²) in [6.45, 7) is 0. The average Bonchev–Trinajstić information content (AvgIpc) is 2.76. The minimum Gasteiger partial charge on any atom is -0.334 e. The molecule has 0 aliphatic rings. The van der Waals surface area contributed by atoms with Crippen LogP contribution in [0.1, 0.15) is 10.4 Å². The summed E-state index contributed by atoms with van der Waals surface area (Å²) in [6, 6.07) is 17.3. The molecule has 0 saturated carbocycles.